The summed E-state index contributed by atoms with van der Waals surface area (Å²) in [6.45, 7) is 1.95. The van der Waals surface area contributed by atoms with E-state index in [9.17, 15) is 18.9 Å². The van der Waals surface area contributed by atoms with Crippen LogP contribution in [0.25, 0.3) is 5.65 Å². The van der Waals surface area contributed by atoms with Crippen molar-refractivity contribution in [2.75, 3.05) is 17.2 Å². The molecule has 0 radical (unpaired) electrons. The van der Waals surface area contributed by atoms with Crippen LogP contribution in [0.2, 0.25) is 0 Å². The largest absolute Gasteiger partial charge is 0.478 e. The van der Waals surface area contributed by atoms with Crippen LogP contribution in [0.15, 0.2) is 59.5 Å². The van der Waals surface area contributed by atoms with E-state index < -0.39 is 10.0 Å². The first kappa shape index (κ1) is 24.6. The zero-order chi connectivity index (χ0) is 25.9. The van der Waals surface area contributed by atoms with Crippen molar-refractivity contribution in [3.8, 4) is 18.0 Å². The summed E-state index contributed by atoms with van der Waals surface area (Å²) in [5.74, 6) is 0.294. The maximum atomic E-state index is 11.6. The molecule has 11 nitrogen and oxygen atoms in total. The molecular weight excluding hydrogens is 500 g/mol. The van der Waals surface area contributed by atoms with Crippen LogP contribution >= 0.6 is 12.2 Å². The fourth-order valence-corrected chi connectivity index (χ4v) is 4.13. The van der Waals surface area contributed by atoms with Crippen LogP contribution in [-0.2, 0) is 10.0 Å². The monoisotopic (exact) mass is 518 g/mol. The molecule has 0 unspecified atom stereocenters. The Morgan fingerprint density at radius 3 is 2.22 bits per heavy atom. The molecule has 13 heteroatoms. The van der Waals surface area contributed by atoms with Gasteiger partial charge in [-0.05, 0) is 55.5 Å². The summed E-state index contributed by atoms with van der Waals surface area (Å²) >= 11 is 5.26. The molecule has 0 amide bonds. The Bertz CT molecular complexity index is 1710. The number of ether oxygens (including phenoxy) is 1. The van der Waals surface area contributed by atoms with Crippen molar-refractivity contribution < 1.29 is 13.2 Å². The van der Waals surface area contributed by atoms with Gasteiger partial charge in [-0.25, -0.2) is 18.0 Å². The third-order valence-corrected chi connectivity index (χ3v) is 6.07. The first-order valence-corrected chi connectivity index (χ1v) is 12.4. The number of primary sulfonamides is 1. The highest BCUT2D eigenvalue weighted by molar-refractivity contribution is 7.89. The highest BCUT2D eigenvalue weighted by Gasteiger charge is 2.24. The van der Waals surface area contributed by atoms with E-state index in [-0.39, 0.29) is 50.6 Å². The third-order valence-electron chi connectivity index (χ3n) is 4.95. The van der Waals surface area contributed by atoms with Gasteiger partial charge in [0, 0.05) is 11.4 Å². The van der Waals surface area contributed by atoms with Crippen molar-refractivity contribution >= 4 is 50.9 Å². The average Bonchev–Trinajstić information content (AvgIpc) is 2.84. The Morgan fingerprint density at radius 1 is 1.00 bits per heavy atom. The summed E-state index contributed by atoms with van der Waals surface area (Å²) in [7, 11) is -3.89. The zero-order valence-electron chi connectivity index (χ0n) is 18.8. The zero-order valence-corrected chi connectivity index (χ0v) is 20.4. The number of hydrogen-bond donors (Lipinski definition) is 3. The van der Waals surface area contributed by atoms with Gasteiger partial charge in [-0.1, -0.05) is 18.2 Å². The molecule has 2 aromatic carbocycles. The maximum Gasteiger partial charge on any atom is 0.238 e. The van der Waals surface area contributed by atoms with Crippen LogP contribution in [0.1, 0.15) is 18.1 Å². The number of rotatable bonds is 7. The predicted octanol–water partition coefficient (Wildman–Crippen LogP) is 3.74. The number of para-hydroxylation sites is 1. The number of aromatic nitrogens is 3. The van der Waals surface area contributed by atoms with Crippen molar-refractivity contribution in [1.82, 2.24) is 14.4 Å². The van der Waals surface area contributed by atoms with Gasteiger partial charge < -0.3 is 15.4 Å². The lowest BCUT2D eigenvalue weighted by molar-refractivity contribution is 0.321. The number of fused-ring (bicyclic) bond motifs is 1. The Hall–Kier alpha value is -4.56. The highest BCUT2D eigenvalue weighted by atomic mass is 32.2. The van der Waals surface area contributed by atoms with E-state index in [0.29, 0.717) is 11.4 Å². The molecule has 0 aliphatic heterocycles. The highest BCUT2D eigenvalue weighted by Crippen LogP contribution is 2.36. The lowest BCUT2D eigenvalue weighted by Crippen LogP contribution is -2.14. The topological polar surface area (TPSA) is 171 Å². The van der Waals surface area contributed by atoms with Crippen LogP contribution in [-0.4, -0.2) is 29.4 Å². The van der Waals surface area contributed by atoms with Crippen molar-refractivity contribution in [1.29, 1.82) is 10.5 Å². The van der Waals surface area contributed by atoms with Gasteiger partial charge in [-0.2, -0.15) is 20.5 Å². The molecule has 2 aromatic heterocycles. The molecule has 0 aliphatic rings. The van der Waals surface area contributed by atoms with Crippen LogP contribution in [0.3, 0.4) is 0 Å². The van der Waals surface area contributed by atoms with Crippen LogP contribution in [0.4, 0.5) is 23.0 Å². The molecule has 4 N–H and O–H groups in total. The summed E-state index contributed by atoms with van der Waals surface area (Å²) in [5, 5.41) is 31.5. The second-order valence-electron chi connectivity index (χ2n) is 7.26. The first-order valence-electron chi connectivity index (χ1n) is 10.4. The minimum Gasteiger partial charge on any atom is -0.478 e. The number of anilines is 4. The van der Waals surface area contributed by atoms with Gasteiger partial charge in [0.05, 0.1) is 17.2 Å². The normalized spacial score (nSPS) is 10.9. The fraction of sp³-hybridized carbons (Fsp3) is 0.0870. The number of nitrogens with one attached hydrogen (secondary N) is 2. The lowest BCUT2D eigenvalue weighted by atomic mass is 10.1. The van der Waals surface area contributed by atoms with Gasteiger partial charge in [0.25, 0.3) is 0 Å². The summed E-state index contributed by atoms with van der Waals surface area (Å²) < 4.78 is 30.4. The molecule has 2 heterocycles. The molecule has 0 bridgehead atoms. The Labute approximate surface area is 211 Å². The average molecular weight is 519 g/mol. The molecule has 180 valence electrons. The number of nitriles is 2. The molecular formula is C23H18N8O3S2. The second-order valence-corrected chi connectivity index (χ2v) is 9.19. The minimum atomic E-state index is -3.89. The standard InChI is InChI=1S/C23H18N8O3S2/c1-2-34-21-18(13-25)19(27-15-8-10-16(11-9-15)36(26,32)33)17(12-24)20-29-23(35)30-22(31(20)21)28-14-6-4-3-5-7-14/h3-11,27H,2H2,1H3,(H2,26,32,33)(H,28,30,35). The van der Waals surface area contributed by atoms with E-state index in [2.05, 4.69) is 32.7 Å². The van der Waals surface area contributed by atoms with E-state index in [1.54, 1.807) is 6.92 Å². The van der Waals surface area contributed by atoms with E-state index in [0.717, 1.165) is 0 Å². The molecule has 0 saturated heterocycles. The Kier molecular flexibility index (Phi) is 6.80. The van der Waals surface area contributed by atoms with E-state index in [4.69, 9.17) is 22.1 Å². The number of hydrogen-bond acceptors (Lipinski definition) is 10. The van der Waals surface area contributed by atoms with E-state index in [1.807, 2.05) is 30.3 Å². The number of pyridine rings is 1. The molecule has 0 saturated carbocycles. The molecule has 0 atom stereocenters. The predicted molar refractivity (Wildman–Crippen MR) is 135 cm³/mol. The van der Waals surface area contributed by atoms with Crippen LogP contribution in [0.5, 0.6) is 5.88 Å². The smallest absolute Gasteiger partial charge is 0.238 e. The fourth-order valence-electron chi connectivity index (χ4n) is 3.44. The molecule has 4 rings (SSSR count). The van der Waals surface area contributed by atoms with Crippen LogP contribution < -0.4 is 20.5 Å². The van der Waals surface area contributed by atoms with Crippen molar-refractivity contribution in [2.45, 2.75) is 11.8 Å². The molecule has 36 heavy (non-hydrogen) atoms. The van der Waals surface area contributed by atoms with Gasteiger partial charge in [0.1, 0.15) is 23.3 Å². The summed E-state index contributed by atoms with van der Waals surface area (Å²) in [4.78, 5) is 8.51. The number of benzene rings is 2. The van der Waals surface area contributed by atoms with Gasteiger partial charge in [-0.15, -0.1) is 0 Å². The Balaban J connectivity index is 1.99. The lowest BCUT2D eigenvalue weighted by Gasteiger charge is -2.20. The molecule has 4 aromatic rings. The molecule has 0 fully saturated rings. The van der Waals surface area contributed by atoms with Gasteiger partial charge in [0.15, 0.2) is 5.65 Å². The van der Waals surface area contributed by atoms with Crippen LogP contribution in [0, 0.1) is 27.4 Å². The van der Waals surface area contributed by atoms with Crippen molar-refractivity contribution in [3.63, 3.8) is 0 Å². The second kappa shape index (κ2) is 9.97. The maximum absolute atomic E-state index is 11.6. The van der Waals surface area contributed by atoms with E-state index in [1.165, 1.54) is 28.7 Å². The number of nitrogens with two attached hydrogens (primary N) is 1. The Morgan fingerprint density at radius 2 is 1.64 bits per heavy atom. The van der Waals surface area contributed by atoms with Crippen molar-refractivity contribution in [3.05, 3.63) is 70.5 Å². The summed E-state index contributed by atoms with van der Waals surface area (Å²) in [6, 6.07) is 18.9. The van der Waals surface area contributed by atoms with Gasteiger partial charge in [0.2, 0.25) is 26.6 Å². The number of sulfonamides is 1. The first-order chi connectivity index (χ1) is 17.3. The molecule has 0 aliphatic carbocycles. The summed E-state index contributed by atoms with van der Waals surface area (Å²) in [5.41, 5.74) is 1.34. The van der Waals surface area contributed by atoms with Gasteiger partial charge >= 0.3 is 0 Å². The summed E-state index contributed by atoms with van der Waals surface area (Å²) in [6.07, 6.45) is 0. The quantitative estimate of drug-likeness (QED) is 0.306. The van der Waals surface area contributed by atoms with Gasteiger partial charge in [-0.3, -0.25) is 0 Å². The van der Waals surface area contributed by atoms with E-state index >= 15 is 0 Å². The molecule has 0 spiro atoms. The van der Waals surface area contributed by atoms with Crippen molar-refractivity contribution in [2.24, 2.45) is 5.14 Å². The SMILES string of the molecule is CCOc1c(C#N)c(Nc2ccc(S(N)(=O)=O)cc2)c(C#N)c2nc(=S)nc(Nc3ccccc3)n12. The number of nitrogens with zero attached hydrogens (tertiary/aromatic N) is 5. The third kappa shape index (κ3) is 4.80. The minimum absolute atomic E-state index is 0.00939.